The molecule has 0 saturated carbocycles. The Bertz CT molecular complexity index is 2550. The molecule has 3 N–H and O–H groups in total. The van der Waals surface area contributed by atoms with Crippen molar-refractivity contribution in [3.63, 3.8) is 0 Å². The van der Waals surface area contributed by atoms with E-state index in [0.717, 1.165) is 76.7 Å². The molecule has 1 saturated heterocycles. The molecule has 4 aromatic carbocycles. The molecule has 7 aromatic rings. The molecule has 3 aromatic heterocycles. The van der Waals surface area contributed by atoms with Gasteiger partial charge in [0.15, 0.2) is 11.5 Å². The molecule has 0 aliphatic carbocycles. The number of hydrogen-bond acceptors (Lipinski definition) is 11. The van der Waals surface area contributed by atoms with Gasteiger partial charge in [-0.05, 0) is 85.3 Å². The van der Waals surface area contributed by atoms with Crippen LogP contribution in [0.25, 0.3) is 34.0 Å². The van der Waals surface area contributed by atoms with Gasteiger partial charge in [-0.25, -0.2) is 14.4 Å². The van der Waals surface area contributed by atoms with E-state index in [9.17, 15) is 9.18 Å². The Morgan fingerprint density at radius 3 is 2.61 bits per heavy atom. The number of ether oxygens (including phenoxy) is 3. The average Bonchev–Trinajstić information content (AvgIpc) is 3.68. The number of amides is 1. The third-order valence-corrected chi connectivity index (χ3v) is 10.7. The molecule has 302 valence electrons. The summed E-state index contributed by atoms with van der Waals surface area (Å²) >= 11 is 7.45. The van der Waals surface area contributed by atoms with E-state index in [0.29, 0.717) is 40.7 Å². The van der Waals surface area contributed by atoms with Gasteiger partial charge in [-0.1, -0.05) is 41.6 Å². The Morgan fingerprint density at radius 1 is 0.966 bits per heavy atom. The van der Waals surface area contributed by atoms with Crippen LogP contribution in [0.4, 0.5) is 15.9 Å². The van der Waals surface area contributed by atoms with E-state index in [2.05, 4.69) is 40.7 Å². The summed E-state index contributed by atoms with van der Waals surface area (Å²) in [6, 6.07) is 27.6. The molecular formula is C44H42ClFN8O4S. The van der Waals surface area contributed by atoms with Crippen molar-refractivity contribution in [1.82, 2.24) is 35.4 Å². The molecular weight excluding hydrogens is 791 g/mol. The van der Waals surface area contributed by atoms with Crippen LogP contribution < -0.4 is 20.1 Å². The minimum absolute atomic E-state index is 0.0364. The van der Waals surface area contributed by atoms with Crippen LogP contribution in [0.2, 0.25) is 5.02 Å². The molecule has 0 radical (unpaired) electrons. The highest BCUT2D eigenvalue weighted by Crippen LogP contribution is 2.36. The number of aromatic nitrogens is 5. The number of carbonyl (C=O) groups is 1. The fourth-order valence-corrected chi connectivity index (χ4v) is 7.46. The van der Waals surface area contributed by atoms with Gasteiger partial charge in [-0.15, -0.1) is 0 Å². The number of rotatable bonds is 13. The van der Waals surface area contributed by atoms with Gasteiger partial charge >= 0.3 is 0 Å². The highest BCUT2D eigenvalue weighted by molar-refractivity contribution is 7.99. The van der Waals surface area contributed by atoms with Crippen molar-refractivity contribution in [3.8, 4) is 11.5 Å². The number of aromatic amines is 1. The van der Waals surface area contributed by atoms with Crippen molar-refractivity contribution in [3.05, 3.63) is 131 Å². The lowest BCUT2D eigenvalue weighted by Crippen LogP contribution is -2.37. The number of nitrogens with one attached hydrogen (secondary N) is 3. The molecule has 0 atom stereocenters. The van der Waals surface area contributed by atoms with Crippen LogP contribution >= 0.6 is 23.4 Å². The van der Waals surface area contributed by atoms with E-state index in [1.54, 1.807) is 38.2 Å². The molecule has 1 aliphatic heterocycles. The number of hydrogen-bond donors (Lipinski definition) is 3. The Morgan fingerprint density at radius 2 is 1.81 bits per heavy atom. The van der Waals surface area contributed by atoms with Crippen LogP contribution in [0, 0.1) is 5.82 Å². The number of methoxy groups -OCH3 is 1. The van der Waals surface area contributed by atoms with E-state index in [-0.39, 0.29) is 10.9 Å². The second-order valence-electron chi connectivity index (χ2n) is 13.2. The minimum atomic E-state index is -0.475. The Hall–Kier alpha value is -6.06. The van der Waals surface area contributed by atoms with E-state index in [1.807, 2.05) is 84.9 Å². The summed E-state index contributed by atoms with van der Waals surface area (Å²) in [5.41, 5.74) is 4.68. The molecule has 0 bridgehead atoms. The van der Waals surface area contributed by atoms with Crippen molar-refractivity contribution in [2.75, 3.05) is 58.9 Å². The van der Waals surface area contributed by atoms with E-state index in [1.165, 1.54) is 18.5 Å². The second-order valence-corrected chi connectivity index (χ2v) is 14.8. The van der Waals surface area contributed by atoms with Crippen molar-refractivity contribution >= 4 is 74.7 Å². The number of carbonyl (C=O) groups excluding carboxylic acids is 1. The average molecular weight is 833 g/mol. The quantitative estimate of drug-likeness (QED) is 0.0961. The van der Waals surface area contributed by atoms with Crippen LogP contribution in [0.15, 0.2) is 113 Å². The lowest BCUT2D eigenvalue weighted by atomic mass is 10.2. The number of halogens is 2. The summed E-state index contributed by atoms with van der Waals surface area (Å²) in [7, 11) is 3.24. The molecule has 0 spiro atoms. The number of anilines is 2. The lowest BCUT2D eigenvalue weighted by Gasteiger charge is -2.26. The van der Waals surface area contributed by atoms with Crippen LogP contribution in [-0.2, 0) is 4.74 Å². The first-order chi connectivity index (χ1) is 28.9. The van der Waals surface area contributed by atoms with Gasteiger partial charge in [0, 0.05) is 65.2 Å². The molecule has 4 heterocycles. The van der Waals surface area contributed by atoms with Gasteiger partial charge in [-0.2, -0.15) is 5.10 Å². The summed E-state index contributed by atoms with van der Waals surface area (Å²) in [6.07, 6.45) is 8.01. The van der Waals surface area contributed by atoms with E-state index in [4.69, 9.17) is 25.8 Å². The number of benzene rings is 4. The maximum Gasteiger partial charge on any atom is 0.252 e. The lowest BCUT2D eigenvalue weighted by molar-refractivity contribution is 0.0357. The predicted molar refractivity (Wildman–Crippen MR) is 231 cm³/mol. The fraction of sp³-hybridized carbons (Fsp3) is 0.205. The monoisotopic (exact) mass is 832 g/mol. The highest BCUT2D eigenvalue weighted by Gasteiger charge is 2.15. The third-order valence-electron chi connectivity index (χ3n) is 9.33. The number of H-pyrrole nitrogens is 1. The molecule has 15 heteroatoms. The summed E-state index contributed by atoms with van der Waals surface area (Å²) < 4.78 is 30.4. The van der Waals surface area contributed by atoms with Crippen LogP contribution in [0.1, 0.15) is 28.2 Å². The highest BCUT2D eigenvalue weighted by atomic mass is 35.5. The van der Waals surface area contributed by atoms with Crippen molar-refractivity contribution in [2.24, 2.45) is 0 Å². The van der Waals surface area contributed by atoms with Crippen LogP contribution in [0.5, 0.6) is 11.5 Å². The van der Waals surface area contributed by atoms with E-state index >= 15 is 0 Å². The second kappa shape index (κ2) is 20.1. The molecule has 1 aliphatic rings. The maximum atomic E-state index is 13.5. The zero-order valence-electron chi connectivity index (χ0n) is 32.5. The molecule has 59 heavy (non-hydrogen) atoms. The summed E-state index contributed by atoms with van der Waals surface area (Å²) in [4.78, 5) is 29.3. The Labute approximate surface area is 350 Å². The Balaban J connectivity index is 0.000000180. The SMILES string of the molecule is CNC(=O)c1ccccc1Sc1ccc2c(C=Cc3ccccn3)n[nH]c2c1.COc1cc2ncnc(Nc3ccc(F)c(Cl)c3)c2cc1OCCCN1CCOCC1. The smallest absolute Gasteiger partial charge is 0.252 e. The Kier molecular flexibility index (Phi) is 14.0. The topological polar surface area (TPSA) is 139 Å². The van der Waals surface area contributed by atoms with Crippen molar-refractivity contribution in [2.45, 2.75) is 16.2 Å². The molecule has 8 rings (SSSR count). The van der Waals surface area contributed by atoms with E-state index < -0.39 is 5.82 Å². The first kappa shape index (κ1) is 41.1. The van der Waals surface area contributed by atoms with Crippen LogP contribution in [0.3, 0.4) is 0 Å². The number of nitrogens with zero attached hydrogens (tertiary/aromatic N) is 5. The summed E-state index contributed by atoms with van der Waals surface area (Å²) in [5.74, 6) is 1.22. The van der Waals surface area contributed by atoms with Gasteiger partial charge in [-0.3, -0.25) is 19.8 Å². The third kappa shape index (κ3) is 10.7. The zero-order valence-corrected chi connectivity index (χ0v) is 34.0. The maximum absolute atomic E-state index is 13.5. The fourth-order valence-electron chi connectivity index (χ4n) is 6.30. The molecule has 1 fully saturated rings. The first-order valence-corrected chi connectivity index (χ1v) is 20.1. The largest absolute Gasteiger partial charge is 0.493 e. The van der Waals surface area contributed by atoms with Gasteiger partial charge in [0.2, 0.25) is 0 Å². The molecule has 1 amide bonds. The first-order valence-electron chi connectivity index (χ1n) is 18.9. The number of fused-ring (bicyclic) bond motifs is 2. The summed E-state index contributed by atoms with van der Waals surface area (Å²) in [6.45, 7) is 5.00. The standard InChI is InChI=1S/C22H24ClFN4O3.C22H18N4OS/c1-29-20-13-19-16(12-21(20)31-8-2-5-28-6-9-30-10-7-28)22(26-14-25-19)27-15-3-4-18(24)17(23)11-15;1-23-22(27)18-7-2-3-8-21(18)28-16-10-11-17-19(25-26-20(17)14-16)12-9-15-6-4-5-13-24-15/h3-4,11-14H,2,5-10H2,1H3,(H,25,26,27);2-14H,1H3,(H,23,27)(H,25,26). The molecule has 0 unspecified atom stereocenters. The molecule has 12 nitrogen and oxygen atoms in total. The van der Waals surface area contributed by atoms with Crippen LogP contribution in [-0.4, -0.2) is 89.6 Å². The van der Waals surface area contributed by atoms with Gasteiger partial charge in [0.05, 0.1) is 59.9 Å². The van der Waals surface area contributed by atoms with Gasteiger partial charge in [0.25, 0.3) is 5.91 Å². The minimum Gasteiger partial charge on any atom is -0.493 e. The van der Waals surface area contributed by atoms with Crippen molar-refractivity contribution in [1.29, 1.82) is 0 Å². The zero-order chi connectivity index (χ0) is 41.0. The van der Waals surface area contributed by atoms with Gasteiger partial charge in [0.1, 0.15) is 18.0 Å². The number of morpholine rings is 1. The number of pyridine rings is 1. The predicted octanol–water partition coefficient (Wildman–Crippen LogP) is 8.91. The van der Waals surface area contributed by atoms with Gasteiger partial charge < -0.3 is 24.8 Å². The summed E-state index contributed by atoms with van der Waals surface area (Å²) in [5, 5.41) is 15.2. The van der Waals surface area contributed by atoms with Crippen molar-refractivity contribution < 1.29 is 23.4 Å². The normalized spacial score (nSPS) is 12.9.